The molecule has 8 aromatic carbocycles. The quantitative estimate of drug-likeness (QED) is 0.184. The molecule has 0 fully saturated rings. The predicted molar refractivity (Wildman–Crippen MR) is 225 cm³/mol. The monoisotopic (exact) mass is 703 g/mol. The minimum absolute atomic E-state index is 0.835. The van der Waals surface area contributed by atoms with Crippen LogP contribution in [0, 0.1) is 0 Å². The van der Waals surface area contributed by atoms with Gasteiger partial charge in [-0.05, 0) is 78.9 Å². The second kappa shape index (κ2) is 10.5. The van der Waals surface area contributed by atoms with Crippen molar-refractivity contribution in [1.82, 2.24) is 23.1 Å². The molecule has 5 heterocycles. The van der Waals surface area contributed by atoms with Crippen molar-refractivity contribution in [1.29, 1.82) is 0 Å². The molecule has 0 bridgehead atoms. The number of fused-ring (bicyclic) bond motifs is 14. The van der Waals surface area contributed by atoms with Crippen LogP contribution in [-0.4, -0.2) is 23.1 Å². The molecule has 13 aromatic rings. The molecule has 0 aliphatic heterocycles. The van der Waals surface area contributed by atoms with Gasteiger partial charge in [0.2, 0.25) is 5.78 Å². The van der Waals surface area contributed by atoms with Gasteiger partial charge < -0.3 is 13.6 Å². The van der Waals surface area contributed by atoms with E-state index < -0.39 is 0 Å². The number of furan rings is 1. The fraction of sp³-hybridized carbons (Fsp3) is 0. The van der Waals surface area contributed by atoms with Gasteiger partial charge in [-0.3, -0.25) is 8.97 Å². The minimum Gasteiger partial charge on any atom is -0.454 e. The Morgan fingerprint density at radius 1 is 0.382 bits per heavy atom. The molecule has 0 radical (unpaired) electrons. The second-order valence-electron chi connectivity index (χ2n) is 14.4. The zero-order chi connectivity index (χ0) is 35.8. The largest absolute Gasteiger partial charge is 0.454 e. The van der Waals surface area contributed by atoms with Crippen molar-refractivity contribution in [3.63, 3.8) is 0 Å². The van der Waals surface area contributed by atoms with Gasteiger partial charge in [-0.2, -0.15) is 0 Å². The third-order valence-electron chi connectivity index (χ3n) is 11.6. The Labute approximate surface area is 312 Å². The Balaban J connectivity index is 1.08. The van der Waals surface area contributed by atoms with Crippen molar-refractivity contribution < 1.29 is 4.42 Å². The standard InChI is InChI=1S/C49H29N5O/c1-5-18-37-31(13-1)32-14-2-6-19-38(32)51(37)30-27-28-40-35(29-30)33-15-3-7-20-39(33)52(40)45-25-11-16-34-47-44(24-12-26-46(47)55-48(34)45)54-43-23-10-9-22-42(43)53-41-21-8-4-17-36(41)50-49(53)54/h1-29H. The van der Waals surface area contributed by atoms with Gasteiger partial charge in [-0.1, -0.05) is 97.1 Å². The molecule has 0 N–H and O–H groups in total. The Hall–Kier alpha value is -7.57. The molecule has 0 spiro atoms. The molecule has 0 atom stereocenters. The van der Waals surface area contributed by atoms with Crippen LogP contribution in [0.15, 0.2) is 180 Å². The highest BCUT2D eigenvalue weighted by Crippen LogP contribution is 2.42. The van der Waals surface area contributed by atoms with Crippen LogP contribution in [0.5, 0.6) is 0 Å². The first-order valence-corrected chi connectivity index (χ1v) is 18.7. The highest BCUT2D eigenvalue weighted by molar-refractivity contribution is 6.16. The number of nitrogens with zero attached hydrogens (tertiary/aromatic N) is 5. The first-order valence-electron chi connectivity index (χ1n) is 18.7. The summed E-state index contributed by atoms with van der Waals surface area (Å²) < 4.78 is 16.3. The molecule has 6 heteroatoms. The molecular formula is C49H29N5O. The summed E-state index contributed by atoms with van der Waals surface area (Å²) in [5.41, 5.74) is 13.8. The summed E-state index contributed by atoms with van der Waals surface area (Å²) in [5, 5.41) is 7.02. The minimum atomic E-state index is 0.835. The summed E-state index contributed by atoms with van der Waals surface area (Å²) in [6.07, 6.45) is 0. The van der Waals surface area contributed by atoms with Gasteiger partial charge in [0.25, 0.3) is 0 Å². The lowest BCUT2D eigenvalue weighted by Gasteiger charge is -2.11. The zero-order valence-electron chi connectivity index (χ0n) is 29.4. The first kappa shape index (κ1) is 28.9. The van der Waals surface area contributed by atoms with E-state index >= 15 is 0 Å². The summed E-state index contributed by atoms with van der Waals surface area (Å²) in [7, 11) is 0. The van der Waals surface area contributed by atoms with E-state index in [1.165, 1.54) is 32.6 Å². The summed E-state index contributed by atoms with van der Waals surface area (Å²) in [6, 6.07) is 62.7. The van der Waals surface area contributed by atoms with Crippen molar-refractivity contribution in [2.75, 3.05) is 0 Å². The number of rotatable bonds is 3. The van der Waals surface area contributed by atoms with Crippen LogP contribution in [0.4, 0.5) is 0 Å². The van der Waals surface area contributed by atoms with Gasteiger partial charge in [-0.25, -0.2) is 4.98 Å². The average Bonchev–Trinajstić information content (AvgIpc) is 4.04. The normalized spacial score (nSPS) is 12.4. The maximum Gasteiger partial charge on any atom is 0.220 e. The van der Waals surface area contributed by atoms with Crippen LogP contribution >= 0.6 is 0 Å². The van der Waals surface area contributed by atoms with E-state index in [-0.39, 0.29) is 0 Å². The van der Waals surface area contributed by atoms with E-state index in [2.05, 4.69) is 188 Å². The fourth-order valence-corrected chi connectivity index (χ4v) is 9.33. The SMILES string of the molecule is c1ccc2c(c1)nc1n(-c3cccc4oc5c(-n6c7ccccc7c7cc(-n8c9ccccc9c9ccccc98)ccc76)cccc5c34)c3ccccc3n21. The molecule has 55 heavy (non-hydrogen) atoms. The predicted octanol–water partition coefficient (Wildman–Crippen LogP) is 12.5. The molecule has 0 amide bonds. The zero-order valence-corrected chi connectivity index (χ0v) is 29.4. The molecule has 0 saturated carbocycles. The fourth-order valence-electron chi connectivity index (χ4n) is 9.33. The van der Waals surface area contributed by atoms with Gasteiger partial charge in [0.1, 0.15) is 5.58 Å². The lowest BCUT2D eigenvalue weighted by Crippen LogP contribution is -1.97. The number of imidazole rings is 2. The van der Waals surface area contributed by atoms with Crippen molar-refractivity contribution in [2.45, 2.75) is 0 Å². The van der Waals surface area contributed by atoms with E-state index in [9.17, 15) is 0 Å². The summed E-state index contributed by atoms with van der Waals surface area (Å²) in [4.78, 5) is 5.17. The number of aromatic nitrogens is 5. The molecule has 5 aromatic heterocycles. The summed E-state index contributed by atoms with van der Waals surface area (Å²) in [5.74, 6) is 0.877. The number of benzene rings is 8. The molecular weight excluding hydrogens is 675 g/mol. The van der Waals surface area contributed by atoms with Crippen LogP contribution < -0.4 is 0 Å². The summed E-state index contributed by atoms with van der Waals surface area (Å²) in [6.45, 7) is 0. The highest BCUT2D eigenvalue weighted by Gasteiger charge is 2.23. The van der Waals surface area contributed by atoms with E-state index in [1.807, 2.05) is 6.07 Å². The van der Waals surface area contributed by atoms with E-state index in [1.54, 1.807) is 0 Å². The van der Waals surface area contributed by atoms with Gasteiger partial charge in [0, 0.05) is 32.6 Å². The van der Waals surface area contributed by atoms with Crippen LogP contribution in [0.3, 0.4) is 0 Å². The van der Waals surface area contributed by atoms with Crippen molar-refractivity contribution in [3.05, 3.63) is 176 Å². The maximum absolute atomic E-state index is 6.94. The second-order valence-corrected chi connectivity index (χ2v) is 14.4. The van der Waals surface area contributed by atoms with Gasteiger partial charge in [0.15, 0.2) is 5.58 Å². The third-order valence-corrected chi connectivity index (χ3v) is 11.6. The molecule has 0 aliphatic carbocycles. The van der Waals surface area contributed by atoms with Crippen molar-refractivity contribution in [3.8, 4) is 17.1 Å². The molecule has 256 valence electrons. The smallest absolute Gasteiger partial charge is 0.220 e. The van der Waals surface area contributed by atoms with E-state index in [4.69, 9.17) is 9.40 Å². The van der Waals surface area contributed by atoms with E-state index in [0.717, 1.165) is 77.9 Å². The molecule has 0 aliphatic rings. The Kier molecular flexibility index (Phi) is 5.54. The number of para-hydroxylation sites is 8. The Morgan fingerprint density at radius 2 is 0.945 bits per heavy atom. The lowest BCUT2D eigenvalue weighted by molar-refractivity contribution is 0.666. The van der Waals surface area contributed by atoms with Gasteiger partial charge in [-0.15, -0.1) is 0 Å². The first-order chi connectivity index (χ1) is 27.3. The third kappa shape index (κ3) is 3.75. The number of hydrogen-bond donors (Lipinski definition) is 0. The van der Waals surface area contributed by atoms with Crippen LogP contribution in [0.2, 0.25) is 0 Å². The summed E-state index contributed by atoms with van der Waals surface area (Å²) >= 11 is 0. The highest BCUT2D eigenvalue weighted by atomic mass is 16.3. The maximum atomic E-state index is 6.94. The number of hydrogen-bond acceptors (Lipinski definition) is 2. The Bertz CT molecular complexity index is 3680. The van der Waals surface area contributed by atoms with E-state index in [0.29, 0.717) is 0 Å². The van der Waals surface area contributed by atoms with Crippen molar-refractivity contribution in [2.24, 2.45) is 0 Å². The Morgan fingerprint density at radius 3 is 1.71 bits per heavy atom. The van der Waals surface area contributed by atoms with Crippen LogP contribution in [0.1, 0.15) is 0 Å². The molecule has 0 saturated heterocycles. The molecule has 13 rings (SSSR count). The molecule has 6 nitrogen and oxygen atoms in total. The van der Waals surface area contributed by atoms with Crippen LogP contribution in [-0.2, 0) is 0 Å². The average molecular weight is 704 g/mol. The lowest BCUT2D eigenvalue weighted by atomic mass is 10.1. The van der Waals surface area contributed by atoms with Gasteiger partial charge in [0.05, 0.1) is 60.9 Å². The van der Waals surface area contributed by atoms with Gasteiger partial charge >= 0.3 is 0 Å². The van der Waals surface area contributed by atoms with Crippen LogP contribution in [0.25, 0.3) is 110 Å². The topological polar surface area (TPSA) is 45.2 Å². The molecule has 0 unspecified atom stereocenters. The van der Waals surface area contributed by atoms with Crippen molar-refractivity contribution >= 4 is 93.4 Å².